The van der Waals surface area contributed by atoms with E-state index < -0.39 is 0 Å². The fourth-order valence-electron chi connectivity index (χ4n) is 0.972. The highest BCUT2D eigenvalue weighted by Gasteiger charge is 1.93. The van der Waals surface area contributed by atoms with E-state index in [1.165, 1.54) is 12.8 Å². The fourth-order valence-corrected chi connectivity index (χ4v) is 0.972. The van der Waals surface area contributed by atoms with Gasteiger partial charge in [-0.25, -0.2) is 0 Å². The Morgan fingerprint density at radius 2 is 1.85 bits per heavy atom. The molecule has 0 spiro atoms. The molecule has 0 bridgehead atoms. The van der Waals surface area contributed by atoms with E-state index in [-0.39, 0.29) is 0 Å². The number of rotatable bonds is 3. The molecule has 1 aromatic rings. The van der Waals surface area contributed by atoms with Crippen molar-refractivity contribution in [2.45, 2.75) is 0 Å². The summed E-state index contributed by atoms with van der Waals surface area (Å²) in [5, 5.41) is 3.68. The molecule has 1 aromatic carbocycles. The van der Waals surface area contributed by atoms with Gasteiger partial charge in [-0.05, 0) is 17.7 Å². The van der Waals surface area contributed by atoms with Crippen LogP contribution in [0.5, 0.6) is 0 Å². The van der Waals surface area contributed by atoms with Crippen molar-refractivity contribution in [3.8, 4) is 0 Å². The number of anilines is 1. The van der Waals surface area contributed by atoms with Gasteiger partial charge in [-0.3, -0.25) is 0 Å². The van der Waals surface area contributed by atoms with Crippen LogP contribution in [0.2, 0.25) is 0 Å². The summed E-state index contributed by atoms with van der Waals surface area (Å²) in [6, 6.07) is 8.07. The van der Waals surface area contributed by atoms with Crippen molar-refractivity contribution in [1.82, 2.24) is 0 Å². The number of benzene rings is 1. The lowest BCUT2D eigenvalue weighted by Crippen LogP contribution is -2.08. The molecule has 0 aromatic heterocycles. The molecule has 0 fully saturated rings. The van der Waals surface area contributed by atoms with Gasteiger partial charge >= 0.3 is 0 Å². The third-order valence-corrected chi connectivity index (χ3v) is 1.72. The van der Waals surface area contributed by atoms with Gasteiger partial charge in [-0.2, -0.15) is 0 Å². The van der Waals surface area contributed by atoms with Crippen LogP contribution in [0.25, 0.3) is 0 Å². The smallest absolute Gasteiger partial charge is 0.106 e. The van der Waals surface area contributed by atoms with Gasteiger partial charge in [-0.15, -0.1) is 0 Å². The van der Waals surface area contributed by atoms with Crippen molar-refractivity contribution in [3.05, 3.63) is 29.8 Å². The van der Waals surface area contributed by atoms with Gasteiger partial charge in [0, 0.05) is 19.8 Å². The van der Waals surface area contributed by atoms with Crippen molar-refractivity contribution < 1.29 is 4.84 Å². The zero-order valence-electron chi connectivity index (χ0n) is 8.19. The fraction of sp³-hybridized carbons (Fsp3) is 0.300. The van der Waals surface area contributed by atoms with E-state index in [1.807, 2.05) is 38.4 Å². The standard InChI is InChI=1S/C10H14N2O/c1-12(2)10-6-4-9(5-7-10)8-11-13-3/h4-8H,1-3H3/b11-8+. The summed E-state index contributed by atoms with van der Waals surface area (Å²) in [6.07, 6.45) is 1.68. The molecule has 1 rings (SSSR count). The molecule has 13 heavy (non-hydrogen) atoms. The van der Waals surface area contributed by atoms with Crippen molar-refractivity contribution in [1.29, 1.82) is 0 Å². The molecule has 0 amide bonds. The van der Waals surface area contributed by atoms with Crippen LogP contribution in [0.4, 0.5) is 5.69 Å². The minimum absolute atomic E-state index is 1.03. The lowest BCUT2D eigenvalue weighted by atomic mass is 10.2. The molecular formula is C10H14N2O. The second-order valence-corrected chi connectivity index (χ2v) is 2.90. The Hall–Kier alpha value is -1.51. The van der Waals surface area contributed by atoms with E-state index in [1.54, 1.807) is 6.21 Å². The lowest BCUT2D eigenvalue weighted by Gasteiger charge is -2.11. The first-order valence-corrected chi connectivity index (χ1v) is 4.08. The van der Waals surface area contributed by atoms with E-state index in [0.29, 0.717) is 0 Å². The Balaban J connectivity index is 2.75. The predicted octanol–water partition coefficient (Wildman–Crippen LogP) is 1.73. The van der Waals surface area contributed by atoms with Gasteiger partial charge in [0.2, 0.25) is 0 Å². The Kier molecular flexibility index (Phi) is 3.31. The number of nitrogens with zero attached hydrogens (tertiary/aromatic N) is 2. The van der Waals surface area contributed by atoms with Crippen LogP contribution in [0.1, 0.15) is 5.56 Å². The average Bonchev–Trinajstić information content (AvgIpc) is 2.15. The van der Waals surface area contributed by atoms with Crippen LogP contribution in [0.3, 0.4) is 0 Å². The van der Waals surface area contributed by atoms with Crippen LogP contribution in [-0.2, 0) is 4.84 Å². The largest absolute Gasteiger partial charge is 0.399 e. The number of oxime groups is 1. The van der Waals surface area contributed by atoms with Crippen molar-refractivity contribution in [2.24, 2.45) is 5.16 Å². The minimum Gasteiger partial charge on any atom is -0.399 e. The summed E-state index contributed by atoms with van der Waals surface area (Å²) in [7, 11) is 5.56. The quantitative estimate of drug-likeness (QED) is 0.520. The Morgan fingerprint density at radius 3 is 2.31 bits per heavy atom. The van der Waals surface area contributed by atoms with Crippen LogP contribution < -0.4 is 4.90 Å². The lowest BCUT2D eigenvalue weighted by molar-refractivity contribution is 0.215. The van der Waals surface area contributed by atoms with E-state index in [2.05, 4.69) is 14.9 Å². The summed E-state index contributed by atoms with van der Waals surface area (Å²) in [5.41, 5.74) is 2.21. The van der Waals surface area contributed by atoms with Crippen LogP contribution >= 0.6 is 0 Å². The molecule has 3 nitrogen and oxygen atoms in total. The summed E-state index contributed by atoms with van der Waals surface area (Å²) in [4.78, 5) is 6.64. The van der Waals surface area contributed by atoms with Gasteiger partial charge in [0.25, 0.3) is 0 Å². The topological polar surface area (TPSA) is 24.8 Å². The molecule has 0 saturated carbocycles. The van der Waals surface area contributed by atoms with Gasteiger partial charge in [-0.1, -0.05) is 17.3 Å². The zero-order valence-corrected chi connectivity index (χ0v) is 8.19. The average molecular weight is 178 g/mol. The van der Waals surface area contributed by atoms with E-state index >= 15 is 0 Å². The summed E-state index contributed by atoms with van der Waals surface area (Å²) < 4.78 is 0. The first-order chi connectivity index (χ1) is 6.24. The van der Waals surface area contributed by atoms with E-state index in [9.17, 15) is 0 Å². The van der Waals surface area contributed by atoms with Gasteiger partial charge in [0.05, 0.1) is 6.21 Å². The first-order valence-electron chi connectivity index (χ1n) is 4.08. The first kappa shape index (κ1) is 9.58. The SMILES string of the molecule is CO/N=C/c1ccc(N(C)C)cc1. The molecule has 0 N–H and O–H groups in total. The second kappa shape index (κ2) is 4.50. The van der Waals surface area contributed by atoms with Gasteiger partial charge < -0.3 is 9.74 Å². The van der Waals surface area contributed by atoms with Crippen molar-refractivity contribution >= 4 is 11.9 Å². The zero-order chi connectivity index (χ0) is 9.68. The Bertz CT molecular complexity index is 277. The molecule has 0 radical (unpaired) electrons. The molecule has 0 aliphatic heterocycles. The molecule has 0 aliphatic carbocycles. The number of hydrogen-bond donors (Lipinski definition) is 0. The highest BCUT2D eigenvalue weighted by atomic mass is 16.6. The Labute approximate surface area is 78.6 Å². The molecule has 0 unspecified atom stereocenters. The summed E-state index contributed by atoms with van der Waals surface area (Å²) in [5.74, 6) is 0. The summed E-state index contributed by atoms with van der Waals surface area (Å²) >= 11 is 0. The third kappa shape index (κ3) is 2.78. The molecule has 0 heterocycles. The maximum atomic E-state index is 4.58. The van der Waals surface area contributed by atoms with Crippen LogP contribution in [-0.4, -0.2) is 27.4 Å². The molecule has 3 heteroatoms. The van der Waals surface area contributed by atoms with Crippen LogP contribution in [0, 0.1) is 0 Å². The highest BCUT2D eigenvalue weighted by molar-refractivity contribution is 5.79. The summed E-state index contributed by atoms with van der Waals surface area (Å²) in [6.45, 7) is 0. The maximum absolute atomic E-state index is 4.58. The van der Waals surface area contributed by atoms with Gasteiger partial charge in [0.1, 0.15) is 7.11 Å². The third-order valence-electron chi connectivity index (χ3n) is 1.72. The number of hydrogen-bond acceptors (Lipinski definition) is 3. The van der Waals surface area contributed by atoms with E-state index in [0.717, 1.165) is 5.56 Å². The predicted molar refractivity (Wildman–Crippen MR) is 55.4 cm³/mol. The molecule has 70 valence electrons. The molecule has 0 aliphatic rings. The maximum Gasteiger partial charge on any atom is 0.106 e. The van der Waals surface area contributed by atoms with Gasteiger partial charge in [0.15, 0.2) is 0 Å². The van der Waals surface area contributed by atoms with Crippen molar-refractivity contribution in [3.63, 3.8) is 0 Å². The Morgan fingerprint density at radius 1 is 1.23 bits per heavy atom. The van der Waals surface area contributed by atoms with Crippen LogP contribution in [0.15, 0.2) is 29.4 Å². The molecule has 0 saturated heterocycles. The van der Waals surface area contributed by atoms with E-state index in [4.69, 9.17) is 0 Å². The second-order valence-electron chi connectivity index (χ2n) is 2.90. The normalized spacial score (nSPS) is 10.4. The van der Waals surface area contributed by atoms with Crippen molar-refractivity contribution in [2.75, 3.05) is 26.1 Å². The minimum atomic E-state index is 1.03. The monoisotopic (exact) mass is 178 g/mol. The highest BCUT2D eigenvalue weighted by Crippen LogP contribution is 2.10. The molecular weight excluding hydrogens is 164 g/mol. The molecule has 0 atom stereocenters.